The molecule has 6 nitrogen and oxygen atoms in total. The lowest BCUT2D eigenvalue weighted by Crippen LogP contribution is -2.19. The predicted molar refractivity (Wildman–Crippen MR) is 101 cm³/mol. The fourth-order valence-electron chi connectivity index (χ4n) is 2.84. The Morgan fingerprint density at radius 2 is 1.81 bits per heavy atom. The highest BCUT2D eigenvalue weighted by Gasteiger charge is 2.14. The highest BCUT2D eigenvalue weighted by atomic mass is 16.7. The van der Waals surface area contributed by atoms with Crippen LogP contribution in [0.15, 0.2) is 54.6 Å². The quantitative estimate of drug-likeness (QED) is 0.755. The van der Waals surface area contributed by atoms with Crippen LogP contribution in [0.4, 0.5) is 17.5 Å². The van der Waals surface area contributed by atoms with E-state index in [1.807, 2.05) is 61.3 Å². The average Bonchev–Trinajstić information content (AvgIpc) is 3.10. The van der Waals surface area contributed by atoms with E-state index in [1.165, 1.54) is 5.56 Å². The molecule has 1 aromatic heterocycles. The monoisotopic (exact) mass is 348 g/mol. The van der Waals surface area contributed by atoms with Gasteiger partial charge in [0.1, 0.15) is 5.82 Å². The van der Waals surface area contributed by atoms with E-state index in [-0.39, 0.29) is 6.79 Å². The van der Waals surface area contributed by atoms with Gasteiger partial charge in [-0.3, -0.25) is 0 Å². The zero-order valence-electron chi connectivity index (χ0n) is 14.8. The van der Waals surface area contributed by atoms with Crippen molar-refractivity contribution in [2.24, 2.45) is 0 Å². The first-order chi connectivity index (χ1) is 12.7. The number of hydrogen-bond acceptors (Lipinski definition) is 6. The molecule has 6 heteroatoms. The number of fused-ring (bicyclic) bond motifs is 1. The lowest BCUT2D eigenvalue weighted by atomic mass is 10.2. The molecule has 0 bridgehead atoms. The van der Waals surface area contributed by atoms with E-state index in [4.69, 9.17) is 9.47 Å². The van der Waals surface area contributed by atoms with E-state index >= 15 is 0 Å². The van der Waals surface area contributed by atoms with Crippen LogP contribution in [0.2, 0.25) is 0 Å². The van der Waals surface area contributed by atoms with Crippen molar-refractivity contribution in [1.29, 1.82) is 0 Å². The van der Waals surface area contributed by atoms with Crippen LogP contribution < -0.4 is 19.7 Å². The summed E-state index contributed by atoms with van der Waals surface area (Å²) in [5.41, 5.74) is 3.01. The Balaban J connectivity index is 1.54. The van der Waals surface area contributed by atoms with Crippen molar-refractivity contribution in [3.63, 3.8) is 0 Å². The Bertz CT molecular complexity index is 915. The minimum Gasteiger partial charge on any atom is -0.454 e. The Hall–Kier alpha value is -3.28. The van der Waals surface area contributed by atoms with Gasteiger partial charge in [0.25, 0.3) is 0 Å². The van der Waals surface area contributed by atoms with Gasteiger partial charge in [-0.05, 0) is 24.6 Å². The molecule has 26 heavy (non-hydrogen) atoms. The molecule has 0 atom stereocenters. The molecule has 1 N–H and O–H groups in total. The molecule has 0 spiro atoms. The molecule has 132 valence electrons. The van der Waals surface area contributed by atoms with Crippen molar-refractivity contribution in [3.8, 4) is 11.5 Å². The molecule has 0 fully saturated rings. The molecule has 1 aliphatic rings. The first-order valence-corrected chi connectivity index (χ1v) is 8.45. The third-order valence-electron chi connectivity index (χ3n) is 4.09. The van der Waals surface area contributed by atoms with Gasteiger partial charge >= 0.3 is 0 Å². The zero-order valence-corrected chi connectivity index (χ0v) is 14.8. The van der Waals surface area contributed by atoms with Gasteiger partial charge in [0.2, 0.25) is 12.7 Å². The Kier molecular flexibility index (Phi) is 4.31. The van der Waals surface area contributed by atoms with Gasteiger partial charge in [0.05, 0.1) is 0 Å². The van der Waals surface area contributed by atoms with E-state index in [2.05, 4.69) is 27.4 Å². The van der Waals surface area contributed by atoms with Crippen LogP contribution in [-0.2, 0) is 6.54 Å². The van der Waals surface area contributed by atoms with Gasteiger partial charge in [0, 0.05) is 37.1 Å². The zero-order chi connectivity index (χ0) is 17.9. The maximum absolute atomic E-state index is 5.43. The lowest BCUT2D eigenvalue weighted by molar-refractivity contribution is 0.174. The van der Waals surface area contributed by atoms with Gasteiger partial charge in [0.15, 0.2) is 11.5 Å². The molecule has 4 rings (SSSR count). The number of ether oxygens (including phenoxy) is 2. The van der Waals surface area contributed by atoms with Crippen molar-refractivity contribution in [2.45, 2.75) is 13.5 Å². The van der Waals surface area contributed by atoms with E-state index in [9.17, 15) is 0 Å². The number of hydrogen-bond donors (Lipinski definition) is 1. The summed E-state index contributed by atoms with van der Waals surface area (Å²) in [4.78, 5) is 11.2. The third-order valence-corrected chi connectivity index (χ3v) is 4.09. The fraction of sp³-hybridized carbons (Fsp3) is 0.200. The maximum atomic E-state index is 5.43. The molecule has 0 saturated heterocycles. The van der Waals surface area contributed by atoms with E-state index < -0.39 is 0 Å². The summed E-state index contributed by atoms with van der Waals surface area (Å²) in [6.45, 7) is 2.97. The lowest BCUT2D eigenvalue weighted by Gasteiger charge is -2.18. The predicted octanol–water partition coefficient (Wildman–Crippen LogP) is 3.89. The van der Waals surface area contributed by atoms with Crippen LogP contribution in [0.1, 0.15) is 11.3 Å². The van der Waals surface area contributed by atoms with Gasteiger partial charge in [-0.1, -0.05) is 30.3 Å². The molecule has 0 amide bonds. The van der Waals surface area contributed by atoms with Crippen molar-refractivity contribution in [1.82, 2.24) is 9.97 Å². The number of rotatable bonds is 5. The van der Waals surface area contributed by atoms with Crippen LogP contribution in [0.25, 0.3) is 0 Å². The molecule has 0 unspecified atom stereocenters. The second-order valence-corrected chi connectivity index (χ2v) is 6.23. The van der Waals surface area contributed by atoms with Gasteiger partial charge in [-0.15, -0.1) is 0 Å². The number of anilines is 3. The highest BCUT2D eigenvalue weighted by molar-refractivity contribution is 5.62. The number of benzene rings is 2. The topological polar surface area (TPSA) is 59.5 Å². The highest BCUT2D eigenvalue weighted by Crippen LogP contribution is 2.35. The van der Waals surface area contributed by atoms with Crippen LogP contribution in [0.5, 0.6) is 11.5 Å². The summed E-state index contributed by atoms with van der Waals surface area (Å²) in [7, 11) is 1.99. The molecule has 0 aliphatic carbocycles. The molecule has 2 heterocycles. The number of nitrogens with one attached hydrogen (secondary N) is 1. The summed E-state index contributed by atoms with van der Waals surface area (Å²) >= 11 is 0. The summed E-state index contributed by atoms with van der Waals surface area (Å²) in [6.07, 6.45) is 0. The average molecular weight is 348 g/mol. The molecular weight excluding hydrogens is 328 g/mol. The molecule has 0 saturated carbocycles. The standard InChI is InChI=1S/C20H20N4O2/c1-14-10-19(22-16-8-9-17-18(11-16)26-13-25-17)23-20(21-14)24(2)12-15-6-4-3-5-7-15/h3-11H,12-13H2,1-2H3,(H,21,22,23). The van der Waals surface area contributed by atoms with E-state index in [0.717, 1.165) is 35.2 Å². The largest absolute Gasteiger partial charge is 0.454 e. The first kappa shape index (κ1) is 16.2. The smallest absolute Gasteiger partial charge is 0.231 e. The first-order valence-electron chi connectivity index (χ1n) is 8.45. The Morgan fingerprint density at radius 1 is 1.00 bits per heavy atom. The molecule has 3 aromatic rings. The molecular formula is C20H20N4O2. The van der Waals surface area contributed by atoms with E-state index in [0.29, 0.717) is 5.95 Å². The van der Waals surface area contributed by atoms with Gasteiger partial charge < -0.3 is 19.7 Å². The summed E-state index contributed by atoms with van der Waals surface area (Å²) in [5.74, 6) is 2.92. The van der Waals surface area contributed by atoms with Crippen molar-refractivity contribution in [3.05, 3.63) is 65.9 Å². The summed E-state index contributed by atoms with van der Waals surface area (Å²) < 4.78 is 10.8. The van der Waals surface area contributed by atoms with Crippen molar-refractivity contribution < 1.29 is 9.47 Å². The second kappa shape index (κ2) is 6.92. The van der Waals surface area contributed by atoms with Crippen molar-refractivity contribution in [2.75, 3.05) is 24.1 Å². The minimum atomic E-state index is 0.264. The molecule has 0 radical (unpaired) electrons. The number of aryl methyl sites for hydroxylation is 1. The van der Waals surface area contributed by atoms with Crippen LogP contribution in [0, 0.1) is 6.92 Å². The van der Waals surface area contributed by atoms with Crippen LogP contribution in [-0.4, -0.2) is 23.8 Å². The van der Waals surface area contributed by atoms with Gasteiger partial charge in [-0.2, -0.15) is 4.98 Å². The fourth-order valence-corrected chi connectivity index (χ4v) is 2.84. The maximum Gasteiger partial charge on any atom is 0.231 e. The number of aromatic nitrogens is 2. The second-order valence-electron chi connectivity index (χ2n) is 6.23. The van der Waals surface area contributed by atoms with Crippen LogP contribution >= 0.6 is 0 Å². The van der Waals surface area contributed by atoms with Crippen molar-refractivity contribution >= 4 is 17.5 Å². The SMILES string of the molecule is Cc1cc(Nc2ccc3c(c2)OCO3)nc(N(C)Cc2ccccc2)n1. The molecule has 2 aromatic carbocycles. The van der Waals surface area contributed by atoms with Gasteiger partial charge in [-0.25, -0.2) is 4.98 Å². The third kappa shape index (κ3) is 3.54. The Morgan fingerprint density at radius 3 is 2.65 bits per heavy atom. The van der Waals surface area contributed by atoms with Crippen LogP contribution in [0.3, 0.4) is 0 Å². The molecule has 1 aliphatic heterocycles. The number of nitrogens with zero attached hydrogens (tertiary/aromatic N) is 3. The summed E-state index contributed by atoms with van der Waals surface area (Å²) in [5, 5.41) is 3.32. The minimum absolute atomic E-state index is 0.264. The van der Waals surface area contributed by atoms with E-state index in [1.54, 1.807) is 0 Å². The summed E-state index contributed by atoms with van der Waals surface area (Å²) in [6, 6.07) is 17.9. The normalized spacial score (nSPS) is 12.1. The Labute approximate surface area is 152 Å².